The average molecular weight is 337 g/mol. The second-order valence-electron chi connectivity index (χ2n) is 4.44. The van der Waals surface area contributed by atoms with E-state index in [0.29, 0.717) is 5.02 Å². The second-order valence-corrected chi connectivity index (χ2v) is 5.73. The number of nitrogens with one attached hydrogen (secondary N) is 1. The number of aryl methyl sites for hydroxylation is 1. The fourth-order valence-electron chi connectivity index (χ4n) is 2.00. The molecule has 0 fully saturated rings. The molecule has 2 aromatic carbocycles. The van der Waals surface area contributed by atoms with Crippen LogP contribution in [-0.4, -0.2) is 9.97 Å². The maximum absolute atomic E-state index is 6.03. The maximum Gasteiger partial charge on any atom is 0.138 e. The lowest BCUT2D eigenvalue weighted by atomic mass is 10.1. The monoisotopic (exact) mass is 335 g/mol. The standard InChI is InChI=1S/C14H11BrClN3/c1-7-4-8(2-3-11(7)17)14-18-12-6-9(16)5-10(15)13(12)19-14/h2-6H,17H2,1H3,(H,18,19). The maximum atomic E-state index is 6.03. The summed E-state index contributed by atoms with van der Waals surface area (Å²) in [7, 11) is 0. The lowest BCUT2D eigenvalue weighted by Crippen LogP contribution is -1.90. The number of anilines is 1. The minimum Gasteiger partial charge on any atom is -0.399 e. The van der Waals surface area contributed by atoms with Crippen molar-refractivity contribution >= 4 is 44.3 Å². The third-order valence-electron chi connectivity index (χ3n) is 3.05. The molecule has 5 heteroatoms. The van der Waals surface area contributed by atoms with Crippen LogP contribution in [0.1, 0.15) is 5.56 Å². The Labute approximate surface area is 123 Å². The van der Waals surface area contributed by atoms with Crippen LogP contribution < -0.4 is 5.73 Å². The zero-order valence-corrected chi connectivity index (χ0v) is 12.5. The van der Waals surface area contributed by atoms with Crippen LogP contribution in [0.4, 0.5) is 5.69 Å². The minimum atomic E-state index is 0.670. The van der Waals surface area contributed by atoms with Gasteiger partial charge in [0.05, 0.1) is 5.52 Å². The number of nitrogen functional groups attached to an aromatic ring is 1. The summed E-state index contributed by atoms with van der Waals surface area (Å²) in [6.45, 7) is 1.98. The van der Waals surface area contributed by atoms with Gasteiger partial charge in [-0.15, -0.1) is 0 Å². The number of aromatic amines is 1. The predicted molar refractivity (Wildman–Crippen MR) is 83.4 cm³/mol. The number of H-pyrrole nitrogens is 1. The van der Waals surface area contributed by atoms with Crippen LogP contribution in [0.25, 0.3) is 22.4 Å². The van der Waals surface area contributed by atoms with Gasteiger partial charge in [-0.1, -0.05) is 11.6 Å². The summed E-state index contributed by atoms with van der Waals surface area (Å²) >= 11 is 9.50. The smallest absolute Gasteiger partial charge is 0.138 e. The molecule has 0 radical (unpaired) electrons. The van der Waals surface area contributed by atoms with Gasteiger partial charge in [-0.3, -0.25) is 0 Å². The van der Waals surface area contributed by atoms with Crippen molar-refractivity contribution in [3.63, 3.8) is 0 Å². The second kappa shape index (κ2) is 4.54. The average Bonchev–Trinajstić information content (AvgIpc) is 2.76. The zero-order valence-electron chi connectivity index (χ0n) is 10.2. The molecule has 0 saturated heterocycles. The van der Waals surface area contributed by atoms with Crippen molar-refractivity contribution in [2.24, 2.45) is 0 Å². The topological polar surface area (TPSA) is 54.7 Å². The van der Waals surface area contributed by atoms with E-state index in [1.165, 1.54) is 0 Å². The van der Waals surface area contributed by atoms with E-state index in [1.54, 1.807) is 0 Å². The number of fused-ring (bicyclic) bond motifs is 1. The Kier molecular flexibility index (Phi) is 2.99. The van der Waals surface area contributed by atoms with Crippen molar-refractivity contribution in [2.45, 2.75) is 6.92 Å². The third kappa shape index (κ3) is 2.22. The zero-order chi connectivity index (χ0) is 13.6. The highest BCUT2D eigenvalue weighted by molar-refractivity contribution is 9.10. The molecule has 3 aromatic rings. The van der Waals surface area contributed by atoms with Gasteiger partial charge in [-0.05, 0) is 58.7 Å². The fraction of sp³-hybridized carbons (Fsp3) is 0.0714. The molecule has 3 nitrogen and oxygen atoms in total. The molecule has 3 rings (SSSR count). The van der Waals surface area contributed by atoms with E-state index in [-0.39, 0.29) is 0 Å². The first-order valence-corrected chi connectivity index (χ1v) is 6.93. The Hall–Kier alpha value is -1.52. The van der Waals surface area contributed by atoms with E-state index in [2.05, 4.69) is 25.9 Å². The number of imidazole rings is 1. The highest BCUT2D eigenvalue weighted by Gasteiger charge is 2.09. The Balaban J connectivity index is 2.20. The summed E-state index contributed by atoms with van der Waals surface area (Å²) in [5.41, 5.74) is 10.4. The van der Waals surface area contributed by atoms with E-state index in [4.69, 9.17) is 17.3 Å². The van der Waals surface area contributed by atoms with Gasteiger partial charge in [0.2, 0.25) is 0 Å². The first kappa shape index (κ1) is 12.5. The molecule has 0 unspecified atom stereocenters. The lowest BCUT2D eigenvalue weighted by Gasteiger charge is -2.01. The Morgan fingerprint density at radius 1 is 1.26 bits per heavy atom. The van der Waals surface area contributed by atoms with Crippen molar-refractivity contribution in [3.05, 3.63) is 45.4 Å². The molecule has 0 saturated carbocycles. The van der Waals surface area contributed by atoms with Crippen LogP contribution >= 0.6 is 27.5 Å². The molecule has 0 bridgehead atoms. The van der Waals surface area contributed by atoms with Gasteiger partial charge >= 0.3 is 0 Å². The quantitative estimate of drug-likeness (QED) is 0.641. The molecule has 3 N–H and O–H groups in total. The van der Waals surface area contributed by atoms with Gasteiger partial charge in [-0.2, -0.15) is 0 Å². The fourth-order valence-corrected chi connectivity index (χ4v) is 2.90. The summed E-state index contributed by atoms with van der Waals surface area (Å²) in [4.78, 5) is 7.87. The number of benzene rings is 2. The van der Waals surface area contributed by atoms with Crippen molar-refractivity contribution in [1.29, 1.82) is 0 Å². The third-order valence-corrected chi connectivity index (χ3v) is 3.87. The Morgan fingerprint density at radius 3 is 2.79 bits per heavy atom. The summed E-state index contributed by atoms with van der Waals surface area (Å²) in [6, 6.07) is 9.56. The van der Waals surface area contributed by atoms with Crippen LogP contribution in [0.5, 0.6) is 0 Å². The van der Waals surface area contributed by atoms with Crippen LogP contribution in [0.3, 0.4) is 0 Å². The van der Waals surface area contributed by atoms with Gasteiger partial charge < -0.3 is 10.7 Å². The highest BCUT2D eigenvalue weighted by atomic mass is 79.9. The number of hydrogen-bond donors (Lipinski definition) is 2. The summed E-state index contributed by atoms with van der Waals surface area (Å²) in [5, 5.41) is 0.670. The summed E-state index contributed by atoms with van der Waals surface area (Å²) in [6.07, 6.45) is 0. The molecule has 96 valence electrons. The van der Waals surface area contributed by atoms with E-state index in [0.717, 1.165) is 38.1 Å². The van der Waals surface area contributed by atoms with Crippen LogP contribution in [-0.2, 0) is 0 Å². The summed E-state index contributed by atoms with van der Waals surface area (Å²) < 4.78 is 0.879. The lowest BCUT2D eigenvalue weighted by molar-refractivity contribution is 1.32. The Bertz CT molecular complexity index is 780. The molecule has 0 aliphatic rings. The van der Waals surface area contributed by atoms with Gasteiger partial charge in [0.15, 0.2) is 0 Å². The number of hydrogen-bond acceptors (Lipinski definition) is 2. The number of nitrogens with zero attached hydrogens (tertiary/aromatic N) is 1. The largest absolute Gasteiger partial charge is 0.399 e. The van der Waals surface area contributed by atoms with E-state index >= 15 is 0 Å². The van der Waals surface area contributed by atoms with Gasteiger partial charge in [-0.25, -0.2) is 4.98 Å². The summed E-state index contributed by atoms with van der Waals surface area (Å²) in [5.74, 6) is 0.807. The van der Waals surface area contributed by atoms with Gasteiger partial charge in [0, 0.05) is 20.7 Å². The van der Waals surface area contributed by atoms with Crippen molar-refractivity contribution in [1.82, 2.24) is 9.97 Å². The van der Waals surface area contributed by atoms with Crippen LogP contribution in [0, 0.1) is 6.92 Å². The molecule has 1 heterocycles. The molecule has 1 aromatic heterocycles. The van der Waals surface area contributed by atoms with Crippen LogP contribution in [0.15, 0.2) is 34.8 Å². The Morgan fingerprint density at radius 2 is 2.05 bits per heavy atom. The van der Waals surface area contributed by atoms with Gasteiger partial charge in [0.1, 0.15) is 11.3 Å². The first-order chi connectivity index (χ1) is 9.04. The molecule has 0 aliphatic heterocycles. The molecule has 0 atom stereocenters. The van der Waals surface area contributed by atoms with Gasteiger partial charge in [0.25, 0.3) is 0 Å². The number of rotatable bonds is 1. The number of aromatic nitrogens is 2. The van der Waals surface area contributed by atoms with Crippen LogP contribution in [0.2, 0.25) is 5.02 Å². The molecule has 0 aliphatic carbocycles. The predicted octanol–water partition coefficient (Wildman–Crippen LogP) is 4.54. The van der Waals surface area contributed by atoms with Crippen molar-refractivity contribution in [3.8, 4) is 11.4 Å². The normalized spacial score (nSPS) is 11.1. The van der Waals surface area contributed by atoms with E-state index < -0.39 is 0 Å². The molecular weight excluding hydrogens is 326 g/mol. The molecule has 0 amide bonds. The first-order valence-electron chi connectivity index (χ1n) is 5.76. The number of halogens is 2. The molecular formula is C14H11BrClN3. The van der Waals surface area contributed by atoms with E-state index in [1.807, 2.05) is 37.3 Å². The highest BCUT2D eigenvalue weighted by Crippen LogP contribution is 2.30. The van der Waals surface area contributed by atoms with Crippen molar-refractivity contribution < 1.29 is 0 Å². The SMILES string of the molecule is Cc1cc(-c2nc3c(Br)cc(Cl)cc3[nH]2)ccc1N. The molecule has 0 spiro atoms. The van der Waals surface area contributed by atoms with E-state index in [9.17, 15) is 0 Å². The minimum absolute atomic E-state index is 0.670. The van der Waals surface area contributed by atoms with Crippen molar-refractivity contribution in [2.75, 3.05) is 5.73 Å². The molecule has 19 heavy (non-hydrogen) atoms. The number of nitrogens with two attached hydrogens (primary N) is 1.